The predicted molar refractivity (Wildman–Crippen MR) is 65.7 cm³/mol. The highest BCUT2D eigenvalue weighted by Crippen LogP contribution is 2.29. The van der Waals surface area contributed by atoms with Crippen molar-refractivity contribution in [3.8, 4) is 0 Å². The van der Waals surface area contributed by atoms with E-state index in [9.17, 15) is 0 Å². The van der Waals surface area contributed by atoms with Crippen LogP contribution in [0.1, 0.15) is 25.3 Å². The number of halogens is 1. The van der Waals surface area contributed by atoms with E-state index in [2.05, 4.69) is 66.2 Å². The molecule has 0 atom stereocenters. The fraction of sp³-hybridized carbons (Fsp3) is 0.231. The molecule has 0 radical (unpaired) electrons. The lowest BCUT2D eigenvalue weighted by Gasteiger charge is -2.09. The molecule has 14 heavy (non-hydrogen) atoms. The van der Waals surface area contributed by atoms with Gasteiger partial charge >= 0.3 is 0 Å². The van der Waals surface area contributed by atoms with E-state index in [1.807, 2.05) is 0 Å². The zero-order chi connectivity index (χ0) is 10.1. The van der Waals surface area contributed by atoms with Gasteiger partial charge in [0.25, 0.3) is 0 Å². The summed E-state index contributed by atoms with van der Waals surface area (Å²) in [6.45, 7) is 4.43. The lowest BCUT2D eigenvalue weighted by Crippen LogP contribution is -1.89. The van der Waals surface area contributed by atoms with Gasteiger partial charge in [0.15, 0.2) is 0 Å². The third-order valence-corrected chi connectivity index (χ3v) is 3.17. The van der Waals surface area contributed by atoms with Gasteiger partial charge in [0, 0.05) is 4.47 Å². The van der Waals surface area contributed by atoms with E-state index in [4.69, 9.17) is 0 Å². The second kappa shape index (κ2) is 3.74. The highest BCUT2D eigenvalue weighted by molar-refractivity contribution is 9.10. The molecule has 0 saturated heterocycles. The summed E-state index contributed by atoms with van der Waals surface area (Å²) >= 11 is 3.62. The second-order valence-electron chi connectivity index (χ2n) is 3.88. The van der Waals surface area contributed by atoms with Crippen molar-refractivity contribution in [2.24, 2.45) is 0 Å². The normalized spacial score (nSPS) is 11.1. The first-order valence-corrected chi connectivity index (χ1v) is 5.66. The van der Waals surface area contributed by atoms with Crippen molar-refractivity contribution in [1.82, 2.24) is 0 Å². The van der Waals surface area contributed by atoms with Crippen LogP contribution in [0.2, 0.25) is 0 Å². The monoisotopic (exact) mass is 248 g/mol. The molecule has 0 amide bonds. The number of hydrogen-bond donors (Lipinski definition) is 0. The Balaban J connectivity index is 2.71. The average molecular weight is 249 g/mol. The zero-order valence-corrected chi connectivity index (χ0v) is 10.0. The molecule has 0 unspecified atom stereocenters. The van der Waals surface area contributed by atoms with Crippen molar-refractivity contribution in [3.63, 3.8) is 0 Å². The van der Waals surface area contributed by atoms with E-state index in [0.717, 1.165) is 0 Å². The minimum atomic E-state index is 0.564. The molecule has 2 aromatic carbocycles. The van der Waals surface area contributed by atoms with Crippen molar-refractivity contribution >= 4 is 26.7 Å². The van der Waals surface area contributed by atoms with Gasteiger partial charge in [-0.25, -0.2) is 0 Å². The Morgan fingerprint density at radius 3 is 2.14 bits per heavy atom. The quantitative estimate of drug-likeness (QED) is 0.685. The van der Waals surface area contributed by atoms with E-state index in [1.165, 1.54) is 20.8 Å². The molecular weight excluding hydrogens is 236 g/mol. The first kappa shape index (κ1) is 9.72. The summed E-state index contributed by atoms with van der Waals surface area (Å²) in [5.74, 6) is 0.564. The maximum Gasteiger partial charge on any atom is 0.0216 e. The lowest BCUT2D eigenvalue weighted by atomic mass is 9.99. The van der Waals surface area contributed by atoms with Gasteiger partial charge in [-0.2, -0.15) is 0 Å². The SMILES string of the molecule is CC(C)c1cc2ccccc2cc1Br. The van der Waals surface area contributed by atoms with Gasteiger partial charge in [-0.15, -0.1) is 0 Å². The van der Waals surface area contributed by atoms with Crippen molar-refractivity contribution in [2.75, 3.05) is 0 Å². The smallest absolute Gasteiger partial charge is 0.0216 e. The Morgan fingerprint density at radius 1 is 1.00 bits per heavy atom. The average Bonchev–Trinajstić information content (AvgIpc) is 2.16. The number of rotatable bonds is 1. The molecular formula is C13H13Br. The van der Waals surface area contributed by atoms with E-state index < -0.39 is 0 Å². The summed E-state index contributed by atoms with van der Waals surface area (Å²) in [5, 5.41) is 2.61. The number of hydrogen-bond acceptors (Lipinski definition) is 0. The molecule has 0 N–H and O–H groups in total. The van der Waals surface area contributed by atoms with Gasteiger partial charge < -0.3 is 0 Å². The molecule has 0 heterocycles. The highest BCUT2D eigenvalue weighted by Gasteiger charge is 2.05. The summed E-state index contributed by atoms with van der Waals surface area (Å²) in [6, 6.07) is 12.9. The summed E-state index contributed by atoms with van der Waals surface area (Å²) < 4.78 is 1.21. The van der Waals surface area contributed by atoms with Crippen LogP contribution >= 0.6 is 15.9 Å². The maximum atomic E-state index is 3.62. The molecule has 0 fully saturated rings. The molecule has 0 spiro atoms. The summed E-state index contributed by atoms with van der Waals surface area (Å²) in [4.78, 5) is 0. The van der Waals surface area contributed by atoms with Crippen LogP contribution in [-0.2, 0) is 0 Å². The fourth-order valence-corrected chi connectivity index (χ4v) is 2.49. The summed E-state index contributed by atoms with van der Waals surface area (Å²) in [5.41, 5.74) is 1.38. The van der Waals surface area contributed by atoms with Crippen LogP contribution in [0.25, 0.3) is 10.8 Å². The Morgan fingerprint density at radius 2 is 1.57 bits per heavy atom. The highest BCUT2D eigenvalue weighted by atomic mass is 79.9. The van der Waals surface area contributed by atoms with Crippen LogP contribution in [0.3, 0.4) is 0 Å². The van der Waals surface area contributed by atoms with Crippen LogP contribution in [0.4, 0.5) is 0 Å². The molecule has 0 saturated carbocycles. The predicted octanol–water partition coefficient (Wildman–Crippen LogP) is 4.73. The number of benzene rings is 2. The minimum Gasteiger partial charge on any atom is -0.0616 e. The first-order chi connectivity index (χ1) is 6.68. The first-order valence-electron chi connectivity index (χ1n) is 4.86. The standard InChI is InChI=1S/C13H13Br/c1-9(2)12-7-10-5-3-4-6-11(10)8-13(12)14/h3-9H,1-2H3. The van der Waals surface area contributed by atoms with Crippen molar-refractivity contribution in [3.05, 3.63) is 46.4 Å². The van der Waals surface area contributed by atoms with E-state index in [0.29, 0.717) is 5.92 Å². The molecule has 0 aromatic heterocycles. The molecule has 2 aromatic rings. The van der Waals surface area contributed by atoms with Crippen LogP contribution in [-0.4, -0.2) is 0 Å². The van der Waals surface area contributed by atoms with Gasteiger partial charge in [0.2, 0.25) is 0 Å². The molecule has 2 rings (SSSR count). The van der Waals surface area contributed by atoms with Gasteiger partial charge in [-0.3, -0.25) is 0 Å². The molecule has 0 nitrogen and oxygen atoms in total. The third-order valence-electron chi connectivity index (χ3n) is 2.49. The van der Waals surface area contributed by atoms with E-state index >= 15 is 0 Å². The van der Waals surface area contributed by atoms with Crippen molar-refractivity contribution in [2.45, 2.75) is 19.8 Å². The topological polar surface area (TPSA) is 0 Å². The molecule has 0 bridgehead atoms. The maximum absolute atomic E-state index is 3.62. The van der Waals surface area contributed by atoms with Crippen LogP contribution in [0, 0.1) is 0 Å². The summed E-state index contributed by atoms with van der Waals surface area (Å²) in [7, 11) is 0. The van der Waals surface area contributed by atoms with Crippen LogP contribution in [0.5, 0.6) is 0 Å². The van der Waals surface area contributed by atoms with E-state index in [1.54, 1.807) is 0 Å². The number of fused-ring (bicyclic) bond motifs is 1. The Hall–Kier alpha value is -0.820. The Kier molecular flexibility index (Phi) is 2.60. The van der Waals surface area contributed by atoms with Crippen LogP contribution < -0.4 is 0 Å². The largest absolute Gasteiger partial charge is 0.0616 e. The van der Waals surface area contributed by atoms with E-state index in [-0.39, 0.29) is 0 Å². The van der Waals surface area contributed by atoms with Crippen LogP contribution in [0.15, 0.2) is 40.9 Å². The van der Waals surface area contributed by atoms with Gasteiger partial charge in [-0.05, 0) is 34.4 Å². The molecule has 72 valence electrons. The Labute approximate surface area is 93.1 Å². The zero-order valence-electron chi connectivity index (χ0n) is 8.42. The van der Waals surface area contributed by atoms with Gasteiger partial charge in [0.1, 0.15) is 0 Å². The minimum absolute atomic E-state index is 0.564. The second-order valence-corrected chi connectivity index (χ2v) is 4.73. The third kappa shape index (κ3) is 1.69. The summed E-state index contributed by atoms with van der Waals surface area (Å²) in [6.07, 6.45) is 0. The molecule has 0 aliphatic carbocycles. The molecule has 0 aliphatic rings. The van der Waals surface area contributed by atoms with Gasteiger partial charge in [0.05, 0.1) is 0 Å². The molecule has 0 aliphatic heterocycles. The fourth-order valence-electron chi connectivity index (χ4n) is 1.67. The van der Waals surface area contributed by atoms with Crippen molar-refractivity contribution in [1.29, 1.82) is 0 Å². The lowest BCUT2D eigenvalue weighted by molar-refractivity contribution is 0.863. The van der Waals surface area contributed by atoms with Gasteiger partial charge in [-0.1, -0.05) is 54.0 Å². The Bertz CT molecular complexity index is 458. The molecule has 1 heteroatoms. The van der Waals surface area contributed by atoms with Crippen molar-refractivity contribution < 1.29 is 0 Å².